The number of hydrogen-bond donors (Lipinski definition) is 0. The van der Waals surface area contributed by atoms with E-state index in [0.717, 1.165) is 4.90 Å². The number of benzene rings is 2. The maximum Gasteiger partial charge on any atom is 0.332 e. The first-order valence-corrected chi connectivity index (χ1v) is 9.24. The predicted octanol–water partition coefficient (Wildman–Crippen LogP) is 3.34. The van der Waals surface area contributed by atoms with Crippen LogP contribution in [0.3, 0.4) is 0 Å². The summed E-state index contributed by atoms with van der Waals surface area (Å²) < 4.78 is 23.6. The molecule has 0 aromatic heterocycles. The predicted molar refractivity (Wildman–Crippen MR) is 101 cm³/mol. The third kappa shape index (κ3) is 3.53. The summed E-state index contributed by atoms with van der Waals surface area (Å²) in [5.74, 6) is -0.724. The molecule has 2 atom stereocenters. The maximum absolute atomic E-state index is 13.3. The van der Waals surface area contributed by atoms with E-state index in [2.05, 4.69) is 0 Å². The SMILES string of the molecule is COC(=O)C1CCN2C(=O)N(c3ccc(Oc4cccc(F)c4)cc3)C(=O)C2C1. The van der Waals surface area contributed by atoms with Crippen LogP contribution in [0.2, 0.25) is 0 Å². The van der Waals surface area contributed by atoms with Crippen molar-refractivity contribution in [2.75, 3.05) is 18.6 Å². The van der Waals surface area contributed by atoms with Gasteiger partial charge in [0, 0.05) is 12.6 Å². The number of piperidine rings is 1. The zero-order chi connectivity index (χ0) is 20.5. The molecule has 29 heavy (non-hydrogen) atoms. The summed E-state index contributed by atoms with van der Waals surface area (Å²) in [6.45, 7) is 0.326. The van der Waals surface area contributed by atoms with E-state index in [1.807, 2.05) is 0 Å². The van der Waals surface area contributed by atoms with Crippen molar-refractivity contribution >= 4 is 23.6 Å². The summed E-state index contributed by atoms with van der Waals surface area (Å²) in [4.78, 5) is 40.0. The Bertz CT molecular complexity index is 962. The zero-order valence-corrected chi connectivity index (χ0v) is 15.7. The molecule has 7 nitrogen and oxygen atoms in total. The van der Waals surface area contributed by atoms with Crippen molar-refractivity contribution < 1.29 is 28.2 Å². The number of methoxy groups -OCH3 is 1. The molecule has 2 aromatic rings. The van der Waals surface area contributed by atoms with E-state index in [-0.39, 0.29) is 24.2 Å². The number of hydrogen-bond acceptors (Lipinski definition) is 5. The Labute approximate surface area is 166 Å². The van der Waals surface area contributed by atoms with Crippen LogP contribution in [0.15, 0.2) is 48.5 Å². The minimum Gasteiger partial charge on any atom is -0.469 e. The molecule has 3 amide bonds. The Morgan fingerprint density at radius 1 is 1.10 bits per heavy atom. The van der Waals surface area contributed by atoms with Gasteiger partial charge in [0.05, 0.1) is 18.7 Å². The van der Waals surface area contributed by atoms with Crippen LogP contribution in [-0.4, -0.2) is 42.5 Å². The standard InChI is InChI=1S/C21H19FN2O5/c1-28-20(26)13-9-10-23-18(11-13)19(25)24(21(23)27)15-5-7-16(8-6-15)29-17-4-2-3-14(22)12-17/h2-8,12-13,18H,9-11H2,1H3. The molecule has 0 N–H and O–H groups in total. The number of nitrogens with zero attached hydrogens (tertiary/aromatic N) is 2. The third-order valence-corrected chi connectivity index (χ3v) is 5.21. The van der Waals surface area contributed by atoms with Gasteiger partial charge >= 0.3 is 12.0 Å². The lowest BCUT2D eigenvalue weighted by atomic mass is 9.91. The number of amides is 3. The van der Waals surface area contributed by atoms with Gasteiger partial charge in [-0.25, -0.2) is 14.1 Å². The van der Waals surface area contributed by atoms with Gasteiger partial charge in [0.15, 0.2) is 0 Å². The average molecular weight is 398 g/mol. The molecule has 0 saturated carbocycles. The molecule has 4 rings (SSSR count). The number of imide groups is 1. The molecule has 2 aliphatic rings. The van der Waals surface area contributed by atoms with E-state index in [1.165, 1.54) is 24.1 Å². The molecular weight excluding hydrogens is 379 g/mol. The van der Waals surface area contributed by atoms with Gasteiger partial charge in [0.25, 0.3) is 5.91 Å². The highest BCUT2D eigenvalue weighted by Crippen LogP contribution is 2.34. The number of halogens is 1. The fourth-order valence-corrected chi connectivity index (χ4v) is 3.75. The minimum atomic E-state index is -0.663. The first kappa shape index (κ1) is 18.9. The van der Waals surface area contributed by atoms with Crippen molar-refractivity contribution in [3.63, 3.8) is 0 Å². The van der Waals surface area contributed by atoms with Crippen LogP contribution in [0, 0.1) is 11.7 Å². The summed E-state index contributed by atoms with van der Waals surface area (Å²) in [5.41, 5.74) is 0.413. The lowest BCUT2D eigenvalue weighted by Gasteiger charge is -2.30. The van der Waals surface area contributed by atoms with Crippen LogP contribution < -0.4 is 9.64 Å². The monoisotopic (exact) mass is 398 g/mol. The summed E-state index contributed by atoms with van der Waals surface area (Å²) >= 11 is 0. The minimum absolute atomic E-state index is 0.258. The van der Waals surface area contributed by atoms with Crippen LogP contribution in [-0.2, 0) is 14.3 Å². The van der Waals surface area contributed by atoms with Gasteiger partial charge in [0.2, 0.25) is 0 Å². The molecule has 0 spiro atoms. The topological polar surface area (TPSA) is 76.2 Å². The molecule has 8 heteroatoms. The summed E-state index contributed by atoms with van der Waals surface area (Å²) in [5, 5.41) is 0. The number of fused-ring (bicyclic) bond motifs is 1. The number of anilines is 1. The molecular formula is C21H19FN2O5. The van der Waals surface area contributed by atoms with E-state index >= 15 is 0 Å². The normalized spacial score (nSPS) is 21.2. The van der Waals surface area contributed by atoms with Crippen LogP contribution in [0.1, 0.15) is 12.8 Å². The number of carbonyl (C=O) groups is 3. The lowest BCUT2D eigenvalue weighted by Crippen LogP contribution is -2.44. The maximum atomic E-state index is 13.3. The van der Waals surface area contributed by atoms with E-state index < -0.39 is 17.9 Å². The number of rotatable bonds is 4. The van der Waals surface area contributed by atoms with Gasteiger partial charge in [-0.2, -0.15) is 0 Å². The zero-order valence-electron chi connectivity index (χ0n) is 15.7. The fraction of sp³-hybridized carbons (Fsp3) is 0.286. The van der Waals surface area contributed by atoms with E-state index in [1.54, 1.807) is 36.4 Å². The Kier molecular flexibility index (Phi) is 4.92. The van der Waals surface area contributed by atoms with Crippen LogP contribution in [0.25, 0.3) is 0 Å². The smallest absolute Gasteiger partial charge is 0.332 e. The molecule has 2 aromatic carbocycles. The summed E-state index contributed by atoms with van der Waals surface area (Å²) in [6, 6.07) is 11.1. The van der Waals surface area contributed by atoms with Gasteiger partial charge in [-0.05, 0) is 49.2 Å². The van der Waals surface area contributed by atoms with Gasteiger partial charge in [-0.1, -0.05) is 6.07 Å². The van der Waals surface area contributed by atoms with Gasteiger partial charge in [0.1, 0.15) is 23.4 Å². The number of ether oxygens (including phenoxy) is 2. The highest BCUT2D eigenvalue weighted by atomic mass is 19.1. The molecule has 150 valence electrons. The molecule has 0 radical (unpaired) electrons. The first-order chi connectivity index (χ1) is 14.0. The highest BCUT2D eigenvalue weighted by molar-refractivity contribution is 6.21. The van der Waals surface area contributed by atoms with Crippen molar-refractivity contribution in [2.45, 2.75) is 18.9 Å². The number of carbonyl (C=O) groups excluding carboxylic acids is 3. The summed E-state index contributed by atoms with van der Waals surface area (Å²) in [6.07, 6.45) is 0.727. The van der Waals surface area contributed by atoms with E-state index in [0.29, 0.717) is 30.2 Å². The highest BCUT2D eigenvalue weighted by Gasteiger charge is 2.49. The largest absolute Gasteiger partial charge is 0.469 e. The molecule has 2 aliphatic heterocycles. The van der Waals surface area contributed by atoms with Gasteiger partial charge < -0.3 is 14.4 Å². The second-order valence-electron chi connectivity index (χ2n) is 6.96. The van der Waals surface area contributed by atoms with Crippen molar-refractivity contribution in [2.24, 2.45) is 5.92 Å². The summed E-state index contributed by atoms with van der Waals surface area (Å²) in [7, 11) is 1.32. The number of urea groups is 1. The van der Waals surface area contributed by atoms with Gasteiger partial charge in [-0.15, -0.1) is 0 Å². The Balaban J connectivity index is 1.50. The molecule has 0 aliphatic carbocycles. The van der Waals surface area contributed by atoms with E-state index in [9.17, 15) is 18.8 Å². The van der Waals surface area contributed by atoms with Crippen LogP contribution in [0.5, 0.6) is 11.5 Å². The molecule has 2 saturated heterocycles. The van der Waals surface area contributed by atoms with Crippen molar-refractivity contribution in [3.05, 3.63) is 54.3 Å². The fourth-order valence-electron chi connectivity index (χ4n) is 3.75. The van der Waals surface area contributed by atoms with Crippen LogP contribution >= 0.6 is 0 Å². The first-order valence-electron chi connectivity index (χ1n) is 9.24. The second-order valence-corrected chi connectivity index (χ2v) is 6.96. The van der Waals surface area contributed by atoms with Gasteiger partial charge in [-0.3, -0.25) is 9.59 Å². The number of esters is 1. The quantitative estimate of drug-likeness (QED) is 0.583. The molecule has 2 heterocycles. The Hall–Kier alpha value is -3.42. The van der Waals surface area contributed by atoms with Crippen molar-refractivity contribution in [1.29, 1.82) is 0 Å². The Morgan fingerprint density at radius 3 is 2.55 bits per heavy atom. The van der Waals surface area contributed by atoms with Crippen LogP contribution in [0.4, 0.5) is 14.9 Å². The average Bonchev–Trinajstić information content (AvgIpc) is 2.98. The molecule has 2 unspecified atom stereocenters. The lowest BCUT2D eigenvalue weighted by molar-refractivity contribution is -0.147. The van der Waals surface area contributed by atoms with Crippen molar-refractivity contribution in [3.8, 4) is 11.5 Å². The second kappa shape index (κ2) is 7.54. The Morgan fingerprint density at radius 2 is 1.86 bits per heavy atom. The van der Waals surface area contributed by atoms with E-state index in [4.69, 9.17) is 9.47 Å². The third-order valence-electron chi connectivity index (χ3n) is 5.21. The van der Waals surface area contributed by atoms with Crippen molar-refractivity contribution in [1.82, 2.24) is 4.90 Å². The molecule has 2 fully saturated rings. The molecule has 0 bridgehead atoms.